The minimum Gasteiger partial charge on any atom is 0 e. The number of hydrogen-bond donors (Lipinski definition) is 2. The zero-order valence-electron chi connectivity index (χ0n) is 4.12. The summed E-state index contributed by atoms with van der Waals surface area (Å²) >= 11 is -5.52. The third kappa shape index (κ3) is 37.8. The molecule has 0 saturated carbocycles. The van der Waals surface area contributed by atoms with Crippen molar-refractivity contribution in [2.75, 3.05) is 0 Å². The van der Waals surface area contributed by atoms with Gasteiger partial charge in [-0.3, -0.25) is 0 Å². The molecule has 0 rings (SSSR count). The van der Waals surface area contributed by atoms with Crippen molar-refractivity contribution in [1.82, 2.24) is 0 Å². The van der Waals surface area contributed by atoms with Crippen LogP contribution in [0.4, 0.5) is 0 Å². The quantitative estimate of drug-likeness (QED) is 0.393. The predicted molar refractivity (Wildman–Crippen MR) is 23.1 cm³/mol. The Labute approximate surface area is 163 Å². The van der Waals surface area contributed by atoms with Crippen molar-refractivity contribution in [3.63, 3.8) is 0 Å². The Hall–Kier alpha value is 4.41. The fourth-order valence-corrected chi connectivity index (χ4v) is 0. The maximum absolute atomic E-state index is 8.85. The first kappa shape index (κ1) is 17.5. The van der Waals surface area contributed by atoms with E-state index < -0.39 is 19.0 Å². The van der Waals surface area contributed by atoms with Gasteiger partial charge >= 0.3 is 32.1 Å². The normalized spacial score (nSPS) is 8.29. The largest absolute Gasteiger partial charge is 0 e. The summed E-state index contributed by atoms with van der Waals surface area (Å²) in [6.07, 6.45) is 0. The van der Waals surface area contributed by atoms with Crippen molar-refractivity contribution in [3.05, 3.63) is 0 Å². The molecular weight excluding hydrogens is 457 g/mol. The summed E-state index contributed by atoms with van der Waals surface area (Å²) in [6, 6.07) is 0. The average Bonchev–Trinajstić information content (AvgIpc) is 0.722. The predicted octanol–water partition coefficient (Wildman–Crippen LogP) is -2.49. The second-order valence-electron chi connectivity index (χ2n) is 0.448. The van der Waals surface area contributed by atoms with Gasteiger partial charge in [-0.25, -0.2) is 0 Å². The maximum Gasteiger partial charge on any atom is 0 e. The van der Waals surface area contributed by atoms with Gasteiger partial charge in [-0.1, -0.05) is 0 Å². The van der Waals surface area contributed by atoms with E-state index in [1.54, 1.807) is 0 Å². The Morgan fingerprint density at radius 2 is 1.00 bits per heavy atom. The van der Waals surface area contributed by atoms with E-state index in [2.05, 4.69) is 0 Å². The summed E-state index contributed by atoms with van der Waals surface area (Å²) in [5.41, 5.74) is 0. The third-order valence-corrected chi connectivity index (χ3v) is 0. The Morgan fingerprint density at radius 1 is 1.00 bits per heavy atom. The topological polar surface area (TPSA) is 74.6 Å². The molecule has 34 valence electrons. The van der Waals surface area contributed by atoms with Crippen LogP contribution in [-0.2, 0) is 6.21 Å². The van der Waals surface area contributed by atoms with Crippen LogP contribution in [0.2, 0.25) is 0 Å². The monoisotopic (exact) mass is 462 g/mol. The van der Waals surface area contributed by atoms with Crippen molar-refractivity contribution in [1.29, 1.82) is 0 Å². The first-order valence-electron chi connectivity index (χ1n) is 0.698. The average molecular weight is 459 g/mol. The Morgan fingerprint density at radius 3 is 1.00 bits per heavy atom. The van der Waals surface area contributed by atoms with Crippen LogP contribution in [0.3, 0.4) is 0 Å². The van der Waals surface area contributed by atoms with Gasteiger partial charge < -0.3 is 0 Å². The van der Waals surface area contributed by atoms with Crippen LogP contribution < -0.4 is 0 Å². The van der Waals surface area contributed by atoms with Crippen LogP contribution in [0.5, 0.6) is 0 Å². The molecule has 7 heavy (non-hydrogen) atoms. The van der Waals surface area contributed by atoms with Crippen LogP contribution in [0, 0.1) is 0 Å². The van der Waals surface area contributed by atoms with Gasteiger partial charge in [0.2, 0.25) is 0 Å². The van der Waals surface area contributed by atoms with Gasteiger partial charge in [0, 0.05) is 138 Å². The van der Waals surface area contributed by atoms with Gasteiger partial charge in [-0.15, -0.1) is 0 Å². The van der Waals surface area contributed by atoms with E-state index in [9.17, 15) is 0 Å². The minimum atomic E-state index is -5.52. The number of rotatable bonds is 0. The van der Waals surface area contributed by atoms with Crippen molar-refractivity contribution in [3.8, 4) is 0 Å². The molecule has 0 aliphatic rings. The summed E-state index contributed by atoms with van der Waals surface area (Å²) in [6.45, 7) is 0. The zero-order chi connectivity index (χ0) is 4.50. The zero-order valence-corrected chi connectivity index (χ0v) is 19.0. The molecule has 0 saturated heterocycles. The van der Waals surface area contributed by atoms with E-state index in [0.717, 1.165) is 0 Å². The Bertz CT molecular complexity index is 92.9. The fraction of sp³-hybridized carbons (Fsp3) is 0. The Balaban J connectivity index is -0.0000000800. The maximum atomic E-state index is 8.85. The Kier molecular flexibility index (Phi) is 21.3. The third-order valence-electron chi connectivity index (χ3n) is 0. The van der Waals surface area contributed by atoms with Crippen LogP contribution in [0.1, 0.15) is 0 Å². The molecule has 2 N–H and O–H groups in total. The molecular formula is H2Cs2O4Te. The molecule has 7 heteroatoms. The van der Waals surface area contributed by atoms with Gasteiger partial charge in [0.15, 0.2) is 0 Å². The van der Waals surface area contributed by atoms with Gasteiger partial charge in [0.25, 0.3) is 0 Å². The smallest absolute Gasteiger partial charge is 0 e. The SMILES string of the molecule is O=[Te](=O)(O)O.[Cs].[Cs]. The molecule has 0 amide bonds. The van der Waals surface area contributed by atoms with Crippen LogP contribution >= 0.6 is 0 Å². The number of hydrogen-bond acceptors (Lipinski definition) is 2. The minimum absolute atomic E-state index is 0. The van der Waals surface area contributed by atoms with E-state index in [0.29, 0.717) is 0 Å². The first-order chi connectivity index (χ1) is 2.00. The van der Waals surface area contributed by atoms with E-state index in [1.807, 2.05) is 0 Å². The van der Waals surface area contributed by atoms with Gasteiger partial charge in [-0.2, -0.15) is 0 Å². The fourth-order valence-electron chi connectivity index (χ4n) is 0. The summed E-state index contributed by atoms with van der Waals surface area (Å²) in [4.78, 5) is 0. The summed E-state index contributed by atoms with van der Waals surface area (Å²) in [5, 5.41) is 0. The molecule has 0 aliphatic heterocycles. The van der Waals surface area contributed by atoms with Crippen molar-refractivity contribution in [2.45, 2.75) is 0 Å². The van der Waals surface area contributed by atoms with Crippen LogP contribution in [0.25, 0.3) is 0 Å². The van der Waals surface area contributed by atoms with Crippen LogP contribution in [-0.4, -0.2) is 164 Å². The molecule has 0 heterocycles. The molecule has 0 fully saturated rings. The molecule has 0 aliphatic carbocycles. The van der Waals surface area contributed by atoms with E-state index in [-0.39, 0.29) is 138 Å². The molecule has 4 nitrogen and oxygen atoms in total. The van der Waals surface area contributed by atoms with Gasteiger partial charge in [-0.05, 0) is 0 Å². The van der Waals surface area contributed by atoms with Gasteiger partial charge in [0.05, 0.1) is 0 Å². The molecule has 0 aromatic carbocycles. The van der Waals surface area contributed by atoms with Gasteiger partial charge in [0.1, 0.15) is 0 Å². The second kappa shape index (κ2) is 8.51. The molecule has 0 spiro atoms. The first-order valence-corrected chi connectivity index (χ1v) is 4.69. The van der Waals surface area contributed by atoms with E-state index >= 15 is 0 Å². The van der Waals surface area contributed by atoms with E-state index in [4.69, 9.17) is 13.2 Å². The van der Waals surface area contributed by atoms with E-state index in [1.165, 1.54) is 0 Å². The molecule has 0 aromatic rings. The molecule has 0 unspecified atom stereocenters. The molecule has 0 atom stereocenters. The summed E-state index contributed by atoms with van der Waals surface area (Å²) in [5.74, 6) is 0. The summed E-state index contributed by atoms with van der Waals surface area (Å²) < 4.78 is 32.0. The second-order valence-corrected chi connectivity index (χ2v) is 3.00. The molecule has 0 aromatic heterocycles. The van der Waals surface area contributed by atoms with Crippen molar-refractivity contribution < 1.29 is 13.2 Å². The van der Waals surface area contributed by atoms with Crippen molar-refractivity contribution >= 4 is 157 Å². The molecule has 0 bridgehead atoms. The standard InChI is InChI=1S/2Cs.H2O4Te/c;;1-5(2,3)4/h;;(H2,1,2,3,4). The van der Waals surface area contributed by atoms with Crippen molar-refractivity contribution in [2.24, 2.45) is 0 Å². The summed E-state index contributed by atoms with van der Waals surface area (Å²) in [7, 11) is 0. The molecule has 2 radical (unpaired) electrons. The van der Waals surface area contributed by atoms with Crippen LogP contribution in [0.15, 0.2) is 0 Å².